The van der Waals surface area contributed by atoms with Gasteiger partial charge in [-0.05, 0) is 32.0 Å². The van der Waals surface area contributed by atoms with Crippen LogP contribution in [-0.4, -0.2) is 43.9 Å². The van der Waals surface area contributed by atoms with Gasteiger partial charge >= 0.3 is 0 Å². The van der Waals surface area contributed by atoms with Crippen LogP contribution < -0.4 is 5.32 Å². The van der Waals surface area contributed by atoms with Gasteiger partial charge < -0.3 is 5.32 Å². The zero-order valence-electron chi connectivity index (χ0n) is 10.1. The molecule has 0 radical (unpaired) electrons. The van der Waals surface area contributed by atoms with Gasteiger partial charge in [0.05, 0.1) is 0 Å². The molecule has 0 amide bonds. The molecule has 0 aliphatic carbocycles. The van der Waals surface area contributed by atoms with E-state index in [1.165, 1.54) is 16.6 Å². The number of piperidine rings is 1. The van der Waals surface area contributed by atoms with E-state index in [1.807, 2.05) is 7.05 Å². The second kappa shape index (κ2) is 5.29. The van der Waals surface area contributed by atoms with Crippen molar-refractivity contribution in [3.63, 3.8) is 0 Å². The lowest BCUT2D eigenvalue weighted by Crippen LogP contribution is -2.44. The highest BCUT2D eigenvalue weighted by Gasteiger charge is 2.31. The van der Waals surface area contributed by atoms with Gasteiger partial charge in [0.2, 0.25) is 5.03 Å². The van der Waals surface area contributed by atoms with Crippen molar-refractivity contribution in [2.45, 2.75) is 23.9 Å². The Labute approximate surface area is 106 Å². The third kappa shape index (κ3) is 2.52. The topological polar surface area (TPSA) is 62.3 Å². The number of hydrogen-bond donors (Lipinski definition) is 1. The number of rotatable bonds is 3. The second-order valence-electron chi connectivity index (χ2n) is 4.26. The lowest BCUT2D eigenvalue weighted by molar-refractivity contribution is 0.296. The summed E-state index contributed by atoms with van der Waals surface area (Å²) >= 11 is 0. The summed E-state index contributed by atoms with van der Waals surface area (Å²) < 4.78 is 39.2. The summed E-state index contributed by atoms with van der Waals surface area (Å²) in [6, 6.07) is 2.81. The number of hydrogen-bond acceptors (Lipinski definition) is 4. The van der Waals surface area contributed by atoms with E-state index in [4.69, 9.17) is 0 Å². The third-order valence-electron chi connectivity index (χ3n) is 3.17. The van der Waals surface area contributed by atoms with Crippen molar-refractivity contribution in [3.8, 4) is 0 Å². The van der Waals surface area contributed by atoms with E-state index in [1.54, 1.807) is 0 Å². The summed E-state index contributed by atoms with van der Waals surface area (Å²) in [7, 11) is -1.95. The largest absolute Gasteiger partial charge is 0.317 e. The summed E-state index contributed by atoms with van der Waals surface area (Å²) in [5, 5.41) is 2.64. The Bertz CT molecular complexity index is 513. The van der Waals surface area contributed by atoms with Crippen LogP contribution in [0.2, 0.25) is 0 Å². The molecule has 0 atom stereocenters. The Balaban J connectivity index is 2.20. The van der Waals surface area contributed by atoms with Crippen LogP contribution in [0.3, 0.4) is 0 Å². The summed E-state index contributed by atoms with van der Waals surface area (Å²) in [6.45, 7) is 0.785. The van der Waals surface area contributed by atoms with E-state index in [-0.39, 0.29) is 0 Å². The normalized spacial score (nSPS) is 19.0. The van der Waals surface area contributed by atoms with E-state index < -0.39 is 20.9 Å². The summed E-state index contributed by atoms with van der Waals surface area (Å²) in [6.07, 6.45) is 2.74. The molecule has 7 heteroatoms. The van der Waals surface area contributed by atoms with Crippen LogP contribution in [0.25, 0.3) is 0 Å². The fourth-order valence-corrected chi connectivity index (χ4v) is 3.51. The lowest BCUT2D eigenvalue weighted by atomic mass is 10.1. The number of halogens is 1. The number of nitrogens with one attached hydrogen (secondary N) is 1. The fourth-order valence-electron chi connectivity index (χ4n) is 2.07. The molecule has 1 aliphatic rings. The van der Waals surface area contributed by atoms with Gasteiger partial charge in [-0.3, -0.25) is 0 Å². The van der Waals surface area contributed by atoms with Gasteiger partial charge in [0.15, 0.2) is 5.82 Å². The second-order valence-corrected chi connectivity index (χ2v) is 6.11. The van der Waals surface area contributed by atoms with Gasteiger partial charge in [0.25, 0.3) is 10.0 Å². The summed E-state index contributed by atoms with van der Waals surface area (Å²) in [4.78, 5) is 3.64. The number of sulfonamides is 1. The van der Waals surface area contributed by atoms with E-state index in [2.05, 4.69) is 10.3 Å². The van der Waals surface area contributed by atoms with Crippen LogP contribution in [0.5, 0.6) is 0 Å². The molecule has 1 fully saturated rings. The molecule has 1 aliphatic heterocycles. The van der Waals surface area contributed by atoms with Crippen molar-refractivity contribution in [1.29, 1.82) is 0 Å². The molecule has 0 saturated carbocycles. The lowest BCUT2D eigenvalue weighted by Gasteiger charge is -2.30. The zero-order chi connectivity index (χ0) is 13.2. The van der Waals surface area contributed by atoms with E-state index in [9.17, 15) is 12.8 Å². The van der Waals surface area contributed by atoms with Crippen molar-refractivity contribution in [2.24, 2.45) is 0 Å². The SMILES string of the molecule is CNC1CCN(S(=O)(=O)c2ncccc2F)CC1. The number of nitrogens with zero attached hydrogens (tertiary/aromatic N) is 2. The Hall–Kier alpha value is -1.05. The Morgan fingerprint density at radius 3 is 2.67 bits per heavy atom. The molecule has 1 N–H and O–H groups in total. The monoisotopic (exact) mass is 273 g/mol. The first-order valence-corrected chi connectivity index (χ1v) is 7.27. The van der Waals surface area contributed by atoms with Gasteiger partial charge in [-0.25, -0.2) is 17.8 Å². The molecule has 0 aromatic carbocycles. The molecule has 100 valence electrons. The van der Waals surface area contributed by atoms with Crippen LogP contribution in [0.1, 0.15) is 12.8 Å². The highest BCUT2D eigenvalue weighted by Crippen LogP contribution is 2.20. The average molecular weight is 273 g/mol. The molecular formula is C11H16FN3O2S. The van der Waals surface area contributed by atoms with Crippen molar-refractivity contribution < 1.29 is 12.8 Å². The van der Waals surface area contributed by atoms with Gasteiger partial charge in [-0.1, -0.05) is 0 Å². The third-order valence-corrected chi connectivity index (χ3v) is 5.01. The first-order chi connectivity index (χ1) is 8.55. The van der Waals surface area contributed by atoms with Crippen LogP contribution in [0.15, 0.2) is 23.4 Å². The molecule has 2 rings (SSSR count). The molecule has 1 aromatic heterocycles. The minimum Gasteiger partial charge on any atom is -0.317 e. The summed E-state index contributed by atoms with van der Waals surface area (Å²) in [5.74, 6) is -0.798. The summed E-state index contributed by atoms with van der Waals surface area (Å²) in [5.41, 5.74) is 0. The van der Waals surface area contributed by atoms with Crippen molar-refractivity contribution in [3.05, 3.63) is 24.1 Å². The number of pyridine rings is 1. The Morgan fingerprint density at radius 2 is 2.11 bits per heavy atom. The quantitative estimate of drug-likeness (QED) is 0.875. The Kier molecular flexibility index (Phi) is 3.94. The van der Waals surface area contributed by atoms with Crippen molar-refractivity contribution >= 4 is 10.0 Å². The maximum atomic E-state index is 13.5. The first-order valence-electron chi connectivity index (χ1n) is 5.83. The molecule has 1 aromatic rings. The average Bonchev–Trinajstić information content (AvgIpc) is 2.39. The standard InChI is InChI=1S/C11H16FN3O2S/c1-13-9-4-7-15(8-5-9)18(16,17)11-10(12)3-2-6-14-11/h2-3,6,9,13H,4-5,7-8H2,1H3. The van der Waals surface area contributed by atoms with Crippen LogP contribution in [-0.2, 0) is 10.0 Å². The highest BCUT2D eigenvalue weighted by molar-refractivity contribution is 7.89. The smallest absolute Gasteiger partial charge is 0.263 e. The number of aromatic nitrogens is 1. The van der Waals surface area contributed by atoms with E-state index in [0.717, 1.165) is 18.9 Å². The van der Waals surface area contributed by atoms with Crippen molar-refractivity contribution in [2.75, 3.05) is 20.1 Å². The first kappa shape index (κ1) is 13.4. The fraction of sp³-hybridized carbons (Fsp3) is 0.545. The molecule has 0 bridgehead atoms. The van der Waals surface area contributed by atoms with Crippen LogP contribution in [0.4, 0.5) is 4.39 Å². The molecule has 5 nitrogen and oxygen atoms in total. The minimum absolute atomic E-state index is 0.324. The molecular weight excluding hydrogens is 257 g/mol. The van der Waals surface area contributed by atoms with Gasteiger partial charge in [-0.15, -0.1) is 0 Å². The maximum Gasteiger partial charge on any atom is 0.263 e. The van der Waals surface area contributed by atoms with Gasteiger partial charge in [0, 0.05) is 25.3 Å². The molecule has 2 heterocycles. The minimum atomic E-state index is -3.80. The predicted octanol–water partition coefficient (Wildman–Crippen LogP) is 0.593. The van der Waals surface area contributed by atoms with Crippen molar-refractivity contribution in [1.82, 2.24) is 14.6 Å². The predicted molar refractivity (Wildman–Crippen MR) is 65.0 cm³/mol. The van der Waals surface area contributed by atoms with Crippen LogP contribution >= 0.6 is 0 Å². The van der Waals surface area contributed by atoms with Crippen LogP contribution in [0, 0.1) is 5.82 Å². The molecule has 0 unspecified atom stereocenters. The Morgan fingerprint density at radius 1 is 1.44 bits per heavy atom. The molecule has 0 spiro atoms. The van der Waals surface area contributed by atoms with E-state index in [0.29, 0.717) is 19.1 Å². The highest BCUT2D eigenvalue weighted by atomic mass is 32.2. The van der Waals surface area contributed by atoms with Gasteiger partial charge in [0.1, 0.15) is 0 Å². The van der Waals surface area contributed by atoms with E-state index >= 15 is 0 Å². The molecule has 1 saturated heterocycles. The molecule has 18 heavy (non-hydrogen) atoms. The van der Waals surface area contributed by atoms with Gasteiger partial charge in [-0.2, -0.15) is 4.31 Å². The maximum absolute atomic E-state index is 13.5. The zero-order valence-corrected chi connectivity index (χ0v) is 11.0.